The van der Waals surface area contributed by atoms with Crippen molar-refractivity contribution in [1.82, 2.24) is 4.90 Å². The molecule has 0 spiro atoms. The number of aliphatic hydroxyl groups excluding tert-OH is 2. The maximum Gasteiger partial charge on any atom is 0.266 e. The summed E-state index contributed by atoms with van der Waals surface area (Å²) in [6, 6.07) is 6.66. The largest absolute Gasteiger partial charge is 0.395 e. The summed E-state index contributed by atoms with van der Waals surface area (Å²) in [6.45, 7) is -0.501. The van der Waals surface area contributed by atoms with Gasteiger partial charge in [-0.2, -0.15) is 5.26 Å². The lowest BCUT2D eigenvalue weighted by Gasteiger charge is -2.20. The minimum absolute atomic E-state index is 0.0191. The molecule has 1 aromatic carbocycles. The van der Waals surface area contributed by atoms with Crippen LogP contribution in [0.5, 0.6) is 0 Å². The fourth-order valence-corrected chi connectivity index (χ4v) is 2.16. The van der Waals surface area contributed by atoms with Crippen LogP contribution in [-0.4, -0.2) is 47.3 Å². The van der Waals surface area contributed by atoms with Gasteiger partial charge in [0.1, 0.15) is 11.6 Å². The number of para-hydroxylation sites is 1. The van der Waals surface area contributed by atoms with Crippen LogP contribution in [0.4, 0.5) is 5.69 Å². The molecule has 1 rings (SSSR count). The average Bonchev–Trinajstić information content (AvgIpc) is 2.49. The summed E-state index contributed by atoms with van der Waals surface area (Å²) in [5.74, 6) is -0.610. The smallest absolute Gasteiger partial charge is 0.266 e. The Morgan fingerprint density at radius 3 is 2.27 bits per heavy atom. The molecule has 118 valence electrons. The van der Waals surface area contributed by atoms with Crippen LogP contribution in [0, 0.1) is 11.3 Å². The van der Waals surface area contributed by atoms with Crippen molar-refractivity contribution in [3.05, 3.63) is 40.0 Å². The van der Waals surface area contributed by atoms with E-state index < -0.39 is 5.91 Å². The molecule has 0 saturated heterocycles. The third-order valence-electron chi connectivity index (χ3n) is 2.70. The number of nitrogens with one attached hydrogen (secondary N) is 1. The van der Waals surface area contributed by atoms with Crippen LogP contribution < -0.4 is 5.32 Å². The van der Waals surface area contributed by atoms with Crippen molar-refractivity contribution in [2.24, 2.45) is 0 Å². The number of rotatable bonds is 7. The fourth-order valence-electron chi connectivity index (χ4n) is 1.65. The summed E-state index contributed by atoms with van der Waals surface area (Å²) in [5.41, 5.74) is 0.181. The number of hydrogen-bond donors (Lipinski definition) is 3. The molecule has 3 N–H and O–H groups in total. The molecule has 0 aliphatic carbocycles. The van der Waals surface area contributed by atoms with Gasteiger partial charge in [0.05, 0.1) is 28.9 Å². The number of carbonyl (C=O) groups is 1. The van der Waals surface area contributed by atoms with Gasteiger partial charge in [0.25, 0.3) is 5.91 Å². The highest BCUT2D eigenvalue weighted by atomic mass is 35.5. The number of halogens is 2. The molecule has 0 saturated carbocycles. The summed E-state index contributed by atoms with van der Waals surface area (Å²) in [5, 5.41) is 30.4. The number of hydrogen-bond acceptors (Lipinski definition) is 5. The first-order chi connectivity index (χ1) is 10.5. The maximum absolute atomic E-state index is 12.2. The van der Waals surface area contributed by atoms with E-state index in [0.29, 0.717) is 15.7 Å². The highest BCUT2D eigenvalue weighted by molar-refractivity contribution is 6.39. The van der Waals surface area contributed by atoms with E-state index in [-0.39, 0.29) is 31.9 Å². The predicted molar refractivity (Wildman–Crippen MR) is 84.5 cm³/mol. The summed E-state index contributed by atoms with van der Waals surface area (Å²) >= 11 is 12.0. The van der Waals surface area contributed by atoms with Crippen LogP contribution in [0.25, 0.3) is 0 Å². The minimum Gasteiger partial charge on any atom is -0.395 e. The average molecular weight is 344 g/mol. The number of amides is 1. The number of anilines is 1. The second-order valence-corrected chi connectivity index (χ2v) is 4.96. The Kier molecular flexibility index (Phi) is 7.71. The molecule has 8 heteroatoms. The highest BCUT2D eigenvalue weighted by Crippen LogP contribution is 2.29. The van der Waals surface area contributed by atoms with E-state index in [0.717, 1.165) is 0 Å². The van der Waals surface area contributed by atoms with Crippen LogP contribution in [0.3, 0.4) is 0 Å². The normalized spacial score (nSPS) is 11.0. The van der Waals surface area contributed by atoms with Crippen molar-refractivity contribution >= 4 is 34.8 Å². The van der Waals surface area contributed by atoms with Crippen LogP contribution >= 0.6 is 23.2 Å². The van der Waals surface area contributed by atoms with Gasteiger partial charge in [-0.15, -0.1) is 0 Å². The lowest BCUT2D eigenvalue weighted by atomic mass is 10.2. The molecule has 0 aliphatic rings. The molecule has 6 nitrogen and oxygen atoms in total. The fraction of sp³-hybridized carbons (Fsp3) is 0.286. The Morgan fingerprint density at radius 1 is 1.27 bits per heavy atom. The lowest BCUT2D eigenvalue weighted by molar-refractivity contribution is -0.127. The van der Waals surface area contributed by atoms with Gasteiger partial charge in [-0.25, -0.2) is 0 Å². The van der Waals surface area contributed by atoms with Crippen molar-refractivity contribution in [3.63, 3.8) is 0 Å². The molecule has 0 radical (unpaired) electrons. The van der Waals surface area contributed by atoms with E-state index in [1.807, 2.05) is 0 Å². The summed E-state index contributed by atoms with van der Waals surface area (Å²) < 4.78 is 0. The monoisotopic (exact) mass is 343 g/mol. The standard InChI is InChI=1S/C14H15Cl2N3O3/c15-11-2-1-3-12(16)13(11)18-9-10(8-17)14(22)19(4-6-20)5-7-21/h1-3,9,18,20-21H,4-7H2/b10-9-. The first kappa shape index (κ1) is 18.3. The number of carbonyl (C=O) groups excluding carboxylic acids is 1. The molecule has 0 aliphatic heterocycles. The maximum atomic E-state index is 12.2. The molecule has 0 fully saturated rings. The molecule has 0 aromatic heterocycles. The SMILES string of the molecule is N#C/C(=C/Nc1c(Cl)cccc1Cl)C(=O)N(CCO)CCO. The van der Waals surface area contributed by atoms with Gasteiger partial charge in [-0.1, -0.05) is 29.3 Å². The first-order valence-corrected chi connectivity index (χ1v) is 7.12. The van der Waals surface area contributed by atoms with Crippen molar-refractivity contribution < 1.29 is 15.0 Å². The number of aliphatic hydroxyl groups is 2. The molecule has 22 heavy (non-hydrogen) atoms. The zero-order valence-corrected chi connectivity index (χ0v) is 13.1. The highest BCUT2D eigenvalue weighted by Gasteiger charge is 2.17. The Bertz CT molecular complexity index is 573. The van der Waals surface area contributed by atoms with Crippen molar-refractivity contribution in [2.75, 3.05) is 31.6 Å². The number of nitrogens with zero attached hydrogens (tertiary/aromatic N) is 2. The second kappa shape index (κ2) is 9.28. The predicted octanol–water partition coefficient (Wildman–Crippen LogP) is 1.63. The van der Waals surface area contributed by atoms with E-state index in [2.05, 4.69) is 5.32 Å². The van der Waals surface area contributed by atoms with Gasteiger partial charge in [-0.05, 0) is 12.1 Å². The summed E-state index contributed by atoms with van der Waals surface area (Å²) in [4.78, 5) is 13.3. The Hall–Kier alpha value is -1.78. The van der Waals surface area contributed by atoms with E-state index in [4.69, 9.17) is 38.7 Å². The van der Waals surface area contributed by atoms with Crippen LogP contribution in [0.2, 0.25) is 10.0 Å². The third-order valence-corrected chi connectivity index (χ3v) is 3.33. The van der Waals surface area contributed by atoms with Crippen LogP contribution in [0.15, 0.2) is 30.0 Å². The van der Waals surface area contributed by atoms with Crippen LogP contribution in [0.1, 0.15) is 0 Å². The number of benzene rings is 1. The van der Waals surface area contributed by atoms with Gasteiger partial charge < -0.3 is 20.4 Å². The summed E-state index contributed by atoms with van der Waals surface area (Å²) in [6.07, 6.45) is 1.19. The van der Waals surface area contributed by atoms with Gasteiger partial charge >= 0.3 is 0 Å². The molecule has 0 unspecified atom stereocenters. The lowest BCUT2D eigenvalue weighted by Crippen LogP contribution is -2.36. The summed E-state index contributed by atoms with van der Waals surface area (Å²) in [7, 11) is 0. The topological polar surface area (TPSA) is 96.6 Å². The zero-order chi connectivity index (χ0) is 16.5. The van der Waals surface area contributed by atoms with Gasteiger partial charge in [0, 0.05) is 19.3 Å². The van der Waals surface area contributed by atoms with Gasteiger partial charge in [-0.3, -0.25) is 4.79 Å². The first-order valence-electron chi connectivity index (χ1n) is 6.37. The minimum atomic E-state index is -0.610. The molecular formula is C14H15Cl2N3O3. The van der Waals surface area contributed by atoms with Gasteiger partial charge in [0.15, 0.2) is 0 Å². The Balaban J connectivity index is 2.95. The van der Waals surface area contributed by atoms with Gasteiger partial charge in [0.2, 0.25) is 0 Å². The Labute approximate surface area is 138 Å². The van der Waals surface area contributed by atoms with E-state index >= 15 is 0 Å². The molecule has 0 heterocycles. The zero-order valence-electron chi connectivity index (χ0n) is 11.6. The second-order valence-electron chi connectivity index (χ2n) is 4.15. The molecule has 1 aromatic rings. The van der Waals surface area contributed by atoms with Crippen LogP contribution in [-0.2, 0) is 4.79 Å². The quantitative estimate of drug-likeness (QED) is 0.516. The van der Waals surface area contributed by atoms with E-state index in [9.17, 15) is 4.79 Å². The van der Waals surface area contributed by atoms with Crippen molar-refractivity contribution in [3.8, 4) is 6.07 Å². The van der Waals surface area contributed by atoms with Crippen molar-refractivity contribution in [2.45, 2.75) is 0 Å². The molecule has 0 bridgehead atoms. The van der Waals surface area contributed by atoms with E-state index in [1.165, 1.54) is 11.1 Å². The van der Waals surface area contributed by atoms with E-state index in [1.54, 1.807) is 24.3 Å². The molecule has 0 atom stereocenters. The van der Waals surface area contributed by atoms with Crippen molar-refractivity contribution in [1.29, 1.82) is 5.26 Å². The number of nitriles is 1. The third kappa shape index (κ3) is 4.90. The molecule has 1 amide bonds. The Morgan fingerprint density at radius 2 is 1.82 bits per heavy atom. The molecular weight excluding hydrogens is 329 g/mol.